The molecule has 0 spiro atoms. The molecule has 0 bridgehead atoms. The van der Waals surface area contributed by atoms with Gasteiger partial charge < -0.3 is 24.0 Å². The second-order valence-electron chi connectivity index (χ2n) is 7.50. The number of piperazine rings is 1. The molecule has 1 heterocycles. The molecule has 1 aliphatic heterocycles. The summed E-state index contributed by atoms with van der Waals surface area (Å²) in [6.07, 6.45) is 0. The van der Waals surface area contributed by atoms with Crippen molar-refractivity contribution in [2.75, 3.05) is 46.0 Å². The van der Waals surface area contributed by atoms with Crippen LogP contribution in [-0.4, -0.2) is 67.6 Å². The Kier molecular flexibility index (Phi) is 7.98. The third-order valence-corrected chi connectivity index (χ3v) is 5.39. The van der Waals surface area contributed by atoms with Crippen LogP contribution in [0, 0.1) is 6.92 Å². The van der Waals surface area contributed by atoms with Crippen molar-refractivity contribution in [1.82, 2.24) is 9.80 Å². The molecule has 0 atom stereocenters. The Morgan fingerprint density at radius 3 is 1.78 bits per heavy atom. The number of aryl methyl sites for hydroxylation is 1. The van der Waals surface area contributed by atoms with Crippen LogP contribution in [0.1, 0.15) is 47.1 Å². The van der Waals surface area contributed by atoms with E-state index in [9.17, 15) is 9.59 Å². The Bertz CT molecular complexity index is 924. The Balaban J connectivity index is 1.75. The van der Waals surface area contributed by atoms with E-state index in [4.69, 9.17) is 14.2 Å². The van der Waals surface area contributed by atoms with E-state index in [1.807, 2.05) is 56.9 Å². The van der Waals surface area contributed by atoms with Gasteiger partial charge in [-0.15, -0.1) is 0 Å². The summed E-state index contributed by atoms with van der Waals surface area (Å²) >= 11 is 0. The molecule has 2 aromatic carbocycles. The smallest absolute Gasteiger partial charge is 0.254 e. The summed E-state index contributed by atoms with van der Waals surface area (Å²) < 4.78 is 17.2. The molecule has 0 unspecified atom stereocenters. The first kappa shape index (κ1) is 23.4. The minimum atomic E-state index is -0.113. The molecule has 2 aromatic rings. The average Bonchev–Trinajstić information content (AvgIpc) is 2.81. The SMILES string of the molecule is CCOc1cc(C(=O)N2CCN(C(=O)c3ccccc3C)CC2)cc(OCC)c1OCC. The predicted molar refractivity (Wildman–Crippen MR) is 123 cm³/mol. The van der Waals surface area contributed by atoms with Crippen molar-refractivity contribution >= 4 is 11.8 Å². The summed E-state index contributed by atoms with van der Waals surface area (Å²) in [5, 5.41) is 0. The van der Waals surface area contributed by atoms with Crippen LogP contribution in [-0.2, 0) is 0 Å². The second kappa shape index (κ2) is 10.9. The van der Waals surface area contributed by atoms with E-state index >= 15 is 0 Å². The molecule has 0 aliphatic carbocycles. The Hall–Kier alpha value is -3.22. The number of ether oxygens (including phenoxy) is 3. The van der Waals surface area contributed by atoms with Crippen LogP contribution < -0.4 is 14.2 Å². The number of carbonyl (C=O) groups is 2. The van der Waals surface area contributed by atoms with E-state index in [0.29, 0.717) is 74.4 Å². The lowest BCUT2D eigenvalue weighted by Crippen LogP contribution is -2.50. The first-order chi connectivity index (χ1) is 15.5. The van der Waals surface area contributed by atoms with Gasteiger partial charge in [-0.25, -0.2) is 0 Å². The quantitative estimate of drug-likeness (QED) is 0.625. The van der Waals surface area contributed by atoms with Crippen molar-refractivity contribution in [1.29, 1.82) is 0 Å². The number of amides is 2. The average molecular weight is 441 g/mol. The van der Waals surface area contributed by atoms with E-state index in [1.165, 1.54) is 0 Å². The van der Waals surface area contributed by atoms with Crippen molar-refractivity contribution in [3.05, 3.63) is 53.1 Å². The van der Waals surface area contributed by atoms with Crippen LogP contribution >= 0.6 is 0 Å². The molecule has 0 saturated carbocycles. The summed E-state index contributed by atoms with van der Waals surface area (Å²) in [5.74, 6) is 1.40. The van der Waals surface area contributed by atoms with Gasteiger partial charge in [0, 0.05) is 37.3 Å². The maximum atomic E-state index is 13.3. The van der Waals surface area contributed by atoms with Gasteiger partial charge in [-0.3, -0.25) is 9.59 Å². The summed E-state index contributed by atoms with van der Waals surface area (Å²) in [6, 6.07) is 11.0. The number of nitrogens with zero attached hydrogens (tertiary/aromatic N) is 2. The zero-order valence-electron chi connectivity index (χ0n) is 19.3. The fourth-order valence-corrected chi connectivity index (χ4v) is 3.79. The molecule has 2 amide bonds. The Morgan fingerprint density at radius 1 is 0.781 bits per heavy atom. The predicted octanol–water partition coefficient (Wildman–Crippen LogP) is 3.79. The summed E-state index contributed by atoms with van der Waals surface area (Å²) in [4.78, 5) is 29.7. The number of benzene rings is 2. The van der Waals surface area contributed by atoms with Crippen molar-refractivity contribution in [2.24, 2.45) is 0 Å². The molecular weight excluding hydrogens is 408 g/mol. The fourth-order valence-electron chi connectivity index (χ4n) is 3.79. The molecule has 0 N–H and O–H groups in total. The number of hydrogen-bond donors (Lipinski definition) is 0. The van der Waals surface area contributed by atoms with Crippen LogP contribution in [0.15, 0.2) is 36.4 Å². The molecule has 0 aromatic heterocycles. The summed E-state index contributed by atoms with van der Waals surface area (Å²) in [7, 11) is 0. The van der Waals surface area contributed by atoms with E-state index < -0.39 is 0 Å². The zero-order valence-corrected chi connectivity index (χ0v) is 19.3. The largest absolute Gasteiger partial charge is 0.490 e. The van der Waals surface area contributed by atoms with Crippen LogP contribution in [0.4, 0.5) is 0 Å². The summed E-state index contributed by atoms with van der Waals surface area (Å²) in [6.45, 7) is 10.9. The lowest BCUT2D eigenvalue weighted by Gasteiger charge is -2.35. The lowest BCUT2D eigenvalue weighted by atomic mass is 10.1. The third-order valence-electron chi connectivity index (χ3n) is 5.39. The van der Waals surface area contributed by atoms with Gasteiger partial charge in [-0.2, -0.15) is 0 Å². The van der Waals surface area contributed by atoms with Crippen molar-refractivity contribution in [3.8, 4) is 17.2 Å². The van der Waals surface area contributed by atoms with Gasteiger partial charge in [0.1, 0.15) is 0 Å². The van der Waals surface area contributed by atoms with Gasteiger partial charge in [-0.1, -0.05) is 18.2 Å². The third kappa shape index (κ3) is 5.15. The first-order valence-electron chi connectivity index (χ1n) is 11.2. The highest BCUT2D eigenvalue weighted by Crippen LogP contribution is 2.39. The minimum Gasteiger partial charge on any atom is -0.490 e. The lowest BCUT2D eigenvalue weighted by molar-refractivity contribution is 0.0534. The highest BCUT2D eigenvalue weighted by atomic mass is 16.5. The minimum absolute atomic E-state index is 0.00790. The van der Waals surface area contributed by atoms with Crippen molar-refractivity contribution < 1.29 is 23.8 Å². The van der Waals surface area contributed by atoms with Gasteiger partial charge in [0.15, 0.2) is 11.5 Å². The number of carbonyl (C=O) groups excluding carboxylic acids is 2. The van der Waals surface area contributed by atoms with Gasteiger partial charge in [-0.05, 0) is 51.5 Å². The molecular formula is C25H32N2O5. The molecule has 172 valence electrons. The molecule has 7 nitrogen and oxygen atoms in total. The van der Waals surface area contributed by atoms with Crippen molar-refractivity contribution in [2.45, 2.75) is 27.7 Å². The van der Waals surface area contributed by atoms with Gasteiger partial charge in [0.25, 0.3) is 11.8 Å². The normalized spacial score (nSPS) is 13.6. The standard InChI is InChI=1S/C25H32N2O5/c1-5-30-21-16-19(17-22(31-6-2)23(21)32-7-3)24(28)26-12-14-27(15-13-26)25(29)20-11-9-8-10-18(20)4/h8-11,16-17H,5-7,12-15H2,1-4H3. The molecule has 3 rings (SSSR count). The molecule has 0 radical (unpaired) electrons. The molecule has 1 saturated heterocycles. The highest BCUT2D eigenvalue weighted by Gasteiger charge is 2.27. The van der Waals surface area contributed by atoms with Crippen molar-refractivity contribution in [3.63, 3.8) is 0 Å². The van der Waals surface area contributed by atoms with E-state index in [-0.39, 0.29) is 11.8 Å². The highest BCUT2D eigenvalue weighted by molar-refractivity contribution is 5.97. The van der Waals surface area contributed by atoms with E-state index in [0.717, 1.165) is 5.56 Å². The topological polar surface area (TPSA) is 68.3 Å². The van der Waals surface area contributed by atoms with Crippen LogP contribution in [0.2, 0.25) is 0 Å². The van der Waals surface area contributed by atoms with E-state index in [1.54, 1.807) is 17.0 Å². The van der Waals surface area contributed by atoms with Crippen LogP contribution in [0.3, 0.4) is 0 Å². The molecule has 7 heteroatoms. The molecule has 32 heavy (non-hydrogen) atoms. The molecule has 1 fully saturated rings. The Labute approximate surface area is 189 Å². The van der Waals surface area contributed by atoms with Gasteiger partial charge in [0.05, 0.1) is 19.8 Å². The number of hydrogen-bond acceptors (Lipinski definition) is 5. The summed E-state index contributed by atoms with van der Waals surface area (Å²) in [5.41, 5.74) is 2.15. The zero-order chi connectivity index (χ0) is 23.1. The van der Waals surface area contributed by atoms with E-state index in [2.05, 4.69) is 0 Å². The monoisotopic (exact) mass is 440 g/mol. The van der Waals surface area contributed by atoms with Gasteiger partial charge >= 0.3 is 0 Å². The Morgan fingerprint density at radius 2 is 1.28 bits per heavy atom. The maximum absolute atomic E-state index is 13.3. The fraction of sp³-hybridized carbons (Fsp3) is 0.440. The second-order valence-corrected chi connectivity index (χ2v) is 7.50. The van der Waals surface area contributed by atoms with Gasteiger partial charge in [0.2, 0.25) is 5.75 Å². The van der Waals surface area contributed by atoms with Crippen LogP contribution in [0.25, 0.3) is 0 Å². The first-order valence-corrected chi connectivity index (χ1v) is 11.2. The van der Waals surface area contributed by atoms with Crippen LogP contribution in [0.5, 0.6) is 17.2 Å². The number of rotatable bonds is 8. The molecule has 1 aliphatic rings. The maximum Gasteiger partial charge on any atom is 0.254 e.